The van der Waals surface area contributed by atoms with Crippen LogP contribution in [0.5, 0.6) is 0 Å². The number of hydrogen-bond acceptors (Lipinski definition) is 4. The third kappa shape index (κ3) is 4.61. The number of rotatable bonds is 3. The third-order valence-electron chi connectivity index (χ3n) is 2.68. The van der Waals surface area contributed by atoms with Crippen LogP contribution >= 0.6 is 0 Å². The van der Waals surface area contributed by atoms with Crippen LogP contribution in [0.15, 0.2) is 0 Å². The number of carbonyl (C=O) groups is 1. The molecule has 1 saturated heterocycles. The first-order chi connectivity index (χ1) is 7.93. The number of piperidine rings is 1. The van der Waals surface area contributed by atoms with Crippen LogP contribution in [-0.4, -0.2) is 30.3 Å². The highest BCUT2D eigenvalue weighted by Crippen LogP contribution is 2.23. The van der Waals surface area contributed by atoms with Crippen LogP contribution in [0.4, 0.5) is 13.2 Å². The number of hydroxylamine groups is 2. The number of nitrogens with zero attached hydrogens (tertiary/aromatic N) is 2. The van der Waals surface area contributed by atoms with E-state index in [4.69, 9.17) is 5.26 Å². The lowest BCUT2D eigenvalue weighted by Gasteiger charge is -2.30. The summed E-state index contributed by atoms with van der Waals surface area (Å²) in [6, 6.07) is 2.03. The van der Waals surface area contributed by atoms with Crippen molar-refractivity contribution in [3.8, 4) is 6.07 Å². The lowest BCUT2D eigenvalue weighted by molar-refractivity contribution is -0.242. The molecule has 17 heavy (non-hydrogen) atoms. The van der Waals surface area contributed by atoms with E-state index >= 15 is 0 Å². The maximum atomic E-state index is 11.9. The molecule has 0 N–H and O–H groups in total. The molecule has 1 rings (SSSR count). The molecule has 0 unspecified atom stereocenters. The first-order valence-electron chi connectivity index (χ1n) is 5.34. The Bertz CT molecular complexity index is 304. The van der Waals surface area contributed by atoms with Crippen molar-refractivity contribution in [1.29, 1.82) is 5.26 Å². The summed E-state index contributed by atoms with van der Waals surface area (Å²) in [7, 11) is 0. The summed E-state index contributed by atoms with van der Waals surface area (Å²) in [5.41, 5.74) is 0. The van der Waals surface area contributed by atoms with Gasteiger partial charge in [-0.1, -0.05) is 0 Å². The van der Waals surface area contributed by atoms with Gasteiger partial charge in [0.1, 0.15) is 0 Å². The van der Waals surface area contributed by atoms with Gasteiger partial charge >= 0.3 is 12.1 Å². The normalized spacial score (nSPS) is 18.7. The number of alkyl halides is 3. The molecule has 0 aliphatic carbocycles. The molecule has 1 aliphatic rings. The van der Waals surface area contributed by atoms with Gasteiger partial charge in [-0.25, -0.2) is 4.79 Å². The summed E-state index contributed by atoms with van der Waals surface area (Å²) in [6.07, 6.45) is -2.46. The molecule has 0 aromatic rings. The Morgan fingerprint density at radius 1 is 1.41 bits per heavy atom. The SMILES string of the molecule is N#CCCC1CCN(OC(=O)C(F)(F)F)CC1. The van der Waals surface area contributed by atoms with Crippen LogP contribution in [-0.2, 0) is 9.63 Å². The fraction of sp³-hybridized carbons (Fsp3) is 0.800. The van der Waals surface area contributed by atoms with Crippen molar-refractivity contribution >= 4 is 5.97 Å². The van der Waals surface area contributed by atoms with Crippen LogP contribution in [0.2, 0.25) is 0 Å². The van der Waals surface area contributed by atoms with E-state index in [1.807, 2.05) is 6.07 Å². The van der Waals surface area contributed by atoms with E-state index in [0.717, 1.165) is 11.5 Å². The molecule has 0 bridgehead atoms. The first-order valence-corrected chi connectivity index (χ1v) is 5.34. The van der Waals surface area contributed by atoms with E-state index in [0.29, 0.717) is 25.2 Å². The van der Waals surface area contributed by atoms with Gasteiger partial charge in [0.05, 0.1) is 6.07 Å². The summed E-state index contributed by atoms with van der Waals surface area (Å²) in [6.45, 7) is 0.579. The predicted octanol–water partition coefficient (Wildman–Crippen LogP) is 2.02. The van der Waals surface area contributed by atoms with Crippen molar-refractivity contribution in [2.75, 3.05) is 13.1 Å². The van der Waals surface area contributed by atoms with Crippen LogP contribution in [0, 0.1) is 17.2 Å². The molecule has 0 saturated carbocycles. The van der Waals surface area contributed by atoms with Gasteiger partial charge in [0.25, 0.3) is 0 Å². The number of hydrogen-bond donors (Lipinski definition) is 0. The second kappa shape index (κ2) is 5.87. The fourth-order valence-corrected chi connectivity index (χ4v) is 1.73. The van der Waals surface area contributed by atoms with E-state index in [9.17, 15) is 18.0 Å². The van der Waals surface area contributed by atoms with E-state index in [1.165, 1.54) is 0 Å². The number of nitriles is 1. The van der Waals surface area contributed by atoms with Crippen LogP contribution in [0.25, 0.3) is 0 Å². The zero-order chi connectivity index (χ0) is 12.9. The molecule has 0 amide bonds. The van der Waals surface area contributed by atoms with Crippen molar-refractivity contribution in [2.45, 2.75) is 31.9 Å². The van der Waals surface area contributed by atoms with Gasteiger partial charge in [0.15, 0.2) is 0 Å². The smallest absolute Gasteiger partial charge is 0.361 e. The quantitative estimate of drug-likeness (QED) is 0.769. The highest BCUT2D eigenvalue weighted by Gasteiger charge is 2.42. The maximum absolute atomic E-state index is 11.9. The zero-order valence-corrected chi connectivity index (χ0v) is 9.16. The summed E-state index contributed by atoms with van der Waals surface area (Å²) >= 11 is 0. The monoisotopic (exact) mass is 250 g/mol. The Hall–Kier alpha value is -1.29. The van der Waals surface area contributed by atoms with Gasteiger partial charge in [0, 0.05) is 19.5 Å². The Morgan fingerprint density at radius 2 is 2.00 bits per heavy atom. The average Bonchev–Trinajstić information content (AvgIpc) is 2.27. The Kier molecular flexibility index (Phi) is 4.75. The topological polar surface area (TPSA) is 53.3 Å². The Morgan fingerprint density at radius 3 is 2.47 bits per heavy atom. The van der Waals surface area contributed by atoms with Crippen molar-refractivity contribution in [2.24, 2.45) is 5.92 Å². The van der Waals surface area contributed by atoms with Gasteiger partial charge in [-0.2, -0.15) is 18.4 Å². The van der Waals surface area contributed by atoms with E-state index < -0.39 is 12.1 Å². The van der Waals surface area contributed by atoms with Crippen molar-refractivity contribution < 1.29 is 22.8 Å². The second-order valence-electron chi connectivity index (χ2n) is 3.95. The fourth-order valence-electron chi connectivity index (χ4n) is 1.73. The highest BCUT2D eigenvalue weighted by molar-refractivity contribution is 5.75. The standard InChI is InChI=1S/C10H13F3N2O2/c11-10(12,13)9(16)17-15-6-3-8(4-7-15)2-1-5-14/h8H,1-4,6-7H2. The minimum Gasteiger partial charge on any atom is -0.361 e. The molecule has 1 heterocycles. The zero-order valence-electron chi connectivity index (χ0n) is 9.16. The molecule has 0 aromatic heterocycles. The summed E-state index contributed by atoms with van der Waals surface area (Å²) < 4.78 is 35.7. The molecule has 0 radical (unpaired) electrons. The molecule has 4 nitrogen and oxygen atoms in total. The summed E-state index contributed by atoms with van der Waals surface area (Å²) in [5.74, 6) is -1.84. The van der Waals surface area contributed by atoms with E-state index in [2.05, 4.69) is 4.84 Å². The molecular formula is C10H13F3N2O2. The maximum Gasteiger partial charge on any atom is 0.492 e. The predicted molar refractivity (Wildman–Crippen MR) is 51.3 cm³/mol. The second-order valence-corrected chi connectivity index (χ2v) is 3.95. The van der Waals surface area contributed by atoms with Crippen LogP contribution < -0.4 is 0 Å². The number of carbonyl (C=O) groups excluding carboxylic acids is 1. The molecule has 1 aliphatic heterocycles. The highest BCUT2D eigenvalue weighted by atomic mass is 19.4. The molecule has 0 atom stereocenters. The van der Waals surface area contributed by atoms with Gasteiger partial charge in [-0.05, 0) is 25.2 Å². The van der Waals surface area contributed by atoms with Gasteiger partial charge in [0.2, 0.25) is 0 Å². The van der Waals surface area contributed by atoms with E-state index in [-0.39, 0.29) is 13.1 Å². The van der Waals surface area contributed by atoms with Crippen molar-refractivity contribution in [1.82, 2.24) is 5.06 Å². The lowest BCUT2D eigenvalue weighted by atomic mass is 9.93. The Labute approximate surface area is 96.9 Å². The molecule has 1 fully saturated rings. The Balaban J connectivity index is 2.28. The van der Waals surface area contributed by atoms with Gasteiger partial charge < -0.3 is 4.84 Å². The molecule has 0 spiro atoms. The van der Waals surface area contributed by atoms with Gasteiger partial charge in [-0.15, -0.1) is 5.06 Å². The van der Waals surface area contributed by atoms with Crippen molar-refractivity contribution in [3.05, 3.63) is 0 Å². The molecule has 7 heteroatoms. The van der Waals surface area contributed by atoms with Gasteiger partial charge in [-0.3, -0.25) is 0 Å². The third-order valence-corrected chi connectivity index (χ3v) is 2.68. The van der Waals surface area contributed by atoms with Crippen LogP contribution in [0.1, 0.15) is 25.7 Å². The largest absolute Gasteiger partial charge is 0.492 e. The van der Waals surface area contributed by atoms with Crippen LogP contribution in [0.3, 0.4) is 0 Å². The van der Waals surface area contributed by atoms with Crippen molar-refractivity contribution in [3.63, 3.8) is 0 Å². The minimum atomic E-state index is -4.95. The first kappa shape index (κ1) is 13.8. The molecular weight excluding hydrogens is 237 g/mol. The lowest BCUT2D eigenvalue weighted by Crippen LogP contribution is -2.39. The average molecular weight is 250 g/mol. The number of halogens is 3. The van der Waals surface area contributed by atoms with E-state index in [1.54, 1.807) is 0 Å². The summed E-state index contributed by atoms with van der Waals surface area (Å²) in [5, 5.41) is 9.44. The molecule has 96 valence electrons. The minimum absolute atomic E-state index is 0.290. The summed E-state index contributed by atoms with van der Waals surface area (Å²) in [4.78, 5) is 14.8. The molecule has 0 aromatic carbocycles.